The van der Waals surface area contributed by atoms with Crippen LogP contribution in [0.15, 0.2) is 48.5 Å². The standard InChI is InChI=1S/C22H26N2O3/c1-27-20-7-3-2-6-19(20)17-9-11-18(12-10-17)22(26)24-14-4-5-16(15-24)8-13-21(23)25/h2-3,6-7,9-12,16H,4-5,8,13-15H2,1H3,(H2,23,25)/t16-/m0/s1. The van der Waals surface area contributed by atoms with E-state index in [-0.39, 0.29) is 11.8 Å². The monoisotopic (exact) mass is 366 g/mol. The Morgan fingerprint density at radius 1 is 1.15 bits per heavy atom. The number of rotatable bonds is 6. The first kappa shape index (κ1) is 19.0. The van der Waals surface area contributed by atoms with Crippen molar-refractivity contribution in [1.82, 2.24) is 4.90 Å². The number of methoxy groups -OCH3 is 1. The molecule has 0 saturated carbocycles. The van der Waals surface area contributed by atoms with Crippen LogP contribution in [0.25, 0.3) is 11.1 Å². The number of likely N-dealkylation sites (tertiary alicyclic amines) is 1. The number of nitrogens with zero attached hydrogens (tertiary/aromatic N) is 1. The Morgan fingerprint density at radius 3 is 2.59 bits per heavy atom. The van der Waals surface area contributed by atoms with E-state index in [1.165, 1.54) is 0 Å². The number of hydrogen-bond donors (Lipinski definition) is 1. The van der Waals surface area contributed by atoms with E-state index in [2.05, 4.69) is 0 Å². The van der Waals surface area contributed by atoms with Crippen LogP contribution in [-0.2, 0) is 4.79 Å². The lowest BCUT2D eigenvalue weighted by molar-refractivity contribution is -0.118. The largest absolute Gasteiger partial charge is 0.496 e. The second kappa shape index (κ2) is 8.71. The lowest BCUT2D eigenvalue weighted by atomic mass is 9.92. The van der Waals surface area contributed by atoms with Gasteiger partial charge in [-0.3, -0.25) is 9.59 Å². The molecule has 142 valence electrons. The number of ether oxygens (including phenoxy) is 1. The zero-order chi connectivity index (χ0) is 19.2. The van der Waals surface area contributed by atoms with Gasteiger partial charge in [0.25, 0.3) is 5.91 Å². The lowest BCUT2D eigenvalue weighted by Gasteiger charge is -2.32. The Labute approximate surface area is 160 Å². The fourth-order valence-corrected chi connectivity index (χ4v) is 3.69. The summed E-state index contributed by atoms with van der Waals surface area (Å²) in [7, 11) is 1.65. The highest BCUT2D eigenvalue weighted by atomic mass is 16.5. The van der Waals surface area contributed by atoms with Crippen LogP contribution in [0.1, 0.15) is 36.0 Å². The van der Waals surface area contributed by atoms with Gasteiger partial charge < -0.3 is 15.4 Å². The highest BCUT2D eigenvalue weighted by Crippen LogP contribution is 2.30. The smallest absolute Gasteiger partial charge is 0.253 e. The maximum Gasteiger partial charge on any atom is 0.253 e. The summed E-state index contributed by atoms with van der Waals surface area (Å²) in [4.78, 5) is 25.8. The van der Waals surface area contributed by atoms with Crippen molar-refractivity contribution in [2.24, 2.45) is 11.7 Å². The highest BCUT2D eigenvalue weighted by molar-refractivity contribution is 5.95. The van der Waals surface area contributed by atoms with Gasteiger partial charge in [0.05, 0.1) is 7.11 Å². The molecule has 2 N–H and O–H groups in total. The van der Waals surface area contributed by atoms with Gasteiger partial charge in [-0.2, -0.15) is 0 Å². The van der Waals surface area contributed by atoms with E-state index < -0.39 is 0 Å². The Hall–Kier alpha value is -2.82. The number of hydrogen-bond acceptors (Lipinski definition) is 3. The highest BCUT2D eigenvalue weighted by Gasteiger charge is 2.24. The van der Waals surface area contributed by atoms with E-state index in [0.717, 1.165) is 42.7 Å². The SMILES string of the molecule is COc1ccccc1-c1ccc(C(=O)N2CCC[C@@H](CCC(N)=O)C2)cc1. The molecule has 0 aromatic heterocycles. The normalized spacial score (nSPS) is 16.8. The molecule has 5 nitrogen and oxygen atoms in total. The molecule has 1 atom stereocenters. The Balaban J connectivity index is 1.69. The van der Waals surface area contributed by atoms with Crippen LogP contribution in [0, 0.1) is 5.92 Å². The molecular weight excluding hydrogens is 340 g/mol. The summed E-state index contributed by atoms with van der Waals surface area (Å²) in [5, 5.41) is 0. The number of benzene rings is 2. The molecule has 5 heteroatoms. The van der Waals surface area contributed by atoms with Gasteiger partial charge in [-0.05, 0) is 48.9 Å². The van der Waals surface area contributed by atoms with Crippen LogP contribution < -0.4 is 10.5 Å². The van der Waals surface area contributed by atoms with Gasteiger partial charge in [-0.25, -0.2) is 0 Å². The van der Waals surface area contributed by atoms with Gasteiger partial charge in [0.1, 0.15) is 5.75 Å². The van der Waals surface area contributed by atoms with E-state index in [1.807, 2.05) is 53.4 Å². The van der Waals surface area contributed by atoms with Crippen molar-refractivity contribution in [2.75, 3.05) is 20.2 Å². The predicted octanol–water partition coefficient (Wildman–Crippen LogP) is 3.48. The van der Waals surface area contributed by atoms with Crippen LogP contribution in [0.2, 0.25) is 0 Å². The van der Waals surface area contributed by atoms with E-state index in [9.17, 15) is 9.59 Å². The quantitative estimate of drug-likeness (QED) is 0.851. The summed E-state index contributed by atoms with van der Waals surface area (Å²) >= 11 is 0. The van der Waals surface area contributed by atoms with Gasteiger partial charge in [0.15, 0.2) is 0 Å². The predicted molar refractivity (Wildman–Crippen MR) is 105 cm³/mol. The van der Waals surface area contributed by atoms with Crippen molar-refractivity contribution in [1.29, 1.82) is 0 Å². The number of piperidine rings is 1. The third kappa shape index (κ3) is 4.67. The zero-order valence-electron chi connectivity index (χ0n) is 15.7. The first-order valence-electron chi connectivity index (χ1n) is 9.39. The fourth-order valence-electron chi connectivity index (χ4n) is 3.69. The van der Waals surface area contributed by atoms with Crippen molar-refractivity contribution in [3.8, 4) is 16.9 Å². The average Bonchev–Trinajstić information content (AvgIpc) is 2.72. The topological polar surface area (TPSA) is 72.6 Å². The summed E-state index contributed by atoms with van der Waals surface area (Å²) < 4.78 is 5.42. The minimum absolute atomic E-state index is 0.0466. The van der Waals surface area contributed by atoms with E-state index >= 15 is 0 Å². The first-order chi connectivity index (χ1) is 13.1. The number of primary amides is 1. The van der Waals surface area contributed by atoms with E-state index in [0.29, 0.717) is 24.4 Å². The Morgan fingerprint density at radius 2 is 1.89 bits per heavy atom. The maximum absolute atomic E-state index is 12.9. The Bertz CT molecular complexity index is 801. The second-order valence-electron chi connectivity index (χ2n) is 7.04. The first-order valence-corrected chi connectivity index (χ1v) is 9.39. The van der Waals surface area contributed by atoms with Gasteiger partial charge in [0, 0.05) is 30.6 Å². The summed E-state index contributed by atoms with van der Waals surface area (Å²) in [6.07, 6.45) is 3.16. The third-order valence-corrected chi connectivity index (χ3v) is 5.16. The van der Waals surface area contributed by atoms with Crippen LogP contribution >= 0.6 is 0 Å². The zero-order valence-corrected chi connectivity index (χ0v) is 15.7. The summed E-state index contributed by atoms with van der Waals surface area (Å²) in [6, 6.07) is 15.5. The van der Waals surface area contributed by atoms with Gasteiger partial charge in [-0.15, -0.1) is 0 Å². The molecule has 1 fully saturated rings. The molecular formula is C22H26N2O3. The molecule has 2 aromatic rings. The fraction of sp³-hybridized carbons (Fsp3) is 0.364. The number of nitrogens with two attached hydrogens (primary N) is 1. The molecule has 1 aliphatic heterocycles. The maximum atomic E-state index is 12.9. The van der Waals surface area contributed by atoms with Gasteiger partial charge >= 0.3 is 0 Å². The average molecular weight is 366 g/mol. The molecule has 1 saturated heterocycles. The van der Waals surface area contributed by atoms with Crippen molar-refractivity contribution in [2.45, 2.75) is 25.7 Å². The molecule has 0 aliphatic carbocycles. The molecule has 0 bridgehead atoms. The molecule has 0 spiro atoms. The molecule has 1 heterocycles. The van der Waals surface area contributed by atoms with E-state index in [1.54, 1.807) is 7.11 Å². The molecule has 0 radical (unpaired) electrons. The van der Waals surface area contributed by atoms with Crippen molar-refractivity contribution in [3.63, 3.8) is 0 Å². The van der Waals surface area contributed by atoms with Crippen LogP contribution in [0.5, 0.6) is 5.75 Å². The summed E-state index contributed by atoms with van der Waals surface area (Å²) in [5.74, 6) is 0.934. The van der Waals surface area contributed by atoms with Crippen molar-refractivity contribution >= 4 is 11.8 Å². The van der Waals surface area contributed by atoms with Crippen LogP contribution in [0.4, 0.5) is 0 Å². The Kier molecular flexibility index (Phi) is 6.12. The number of carbonyl (C=O) groups excluding carboxylic acids is 2. The molecule has 2 amide bonds. The molecule has 1 aliphatic rings. The van der Waals surface area contributed by atoms with Crippen LogP contribution in [0.3, 0.4) is 0 Å². The molecule has 3 rings (SSSR count). The molecule has 27 heavy (non-hydrogen) atoms. The van der Waals surface area contributed by atoms with Gasteiger partial charge in [0.2, 0.25) is 5.91 Å². The number of amides is 2. The number of carbonyl (C=O) groups is 2. The lowest BCUT2D eigenvalue weighted by Crippen LogP contribution is -2.40. The minimum Gasteiger partial charge on any atom is -0.496 e. The van der Waals surface area contributed by atoms with E-state index in [4.69, 9.17) is 10.5 Å². The minimum atomic E-state index is -0.273. The van der Waals surface area contributed by atoms with Crippen molar-refractivity contribution in [3.05, 3.63) is 54.1 Å². The number of para-hydroxylation sites is 1. The molecule has 2 aromatic carbocycles. The van der Waals surface area contributed by atoms with Crippen molar-refractivity contribution < 1.29 is 14.3 Å². The third-order valence-electron chi connectivity index (χ3n) is 5.16. The molecule has 0 unspecified atom stereocenters. The second-order valence-corrected chi connectivity index (χ2v) is 7.04. The summed E-state index contributed by atoms with van der Waals surface area (Å²) in [6.45, 7) is 1.46. The summed E-state index contributed by atoms with van der Waals surface area (Å²) in [5.41, 5.74) is 7.95. The van der Waals surface area contributed by atoms with Crippen LogP contribution in [-0.4, -0.2) is 36.9 Å². The van der Waals surface area contributed by atoms with Gasteiger partial charge in [-0.1, -0.05) is 30.3 Å².